The molecule has 2 heterocycles. The van der Waals surface area contributed by atoms with Gasteiger partial charge in [-0.15, -0.1) is 11.8 Å². The van der Waals surface area contributed by atoms with Crippen LogP contribution in [0.3, 0.4) is 0 Å². The number of amides is 4. The largest absolute Gasteiger partial charge is 0.282 e. The molecule has 0 aromatic heterocycles. The lowest BCUT2D eigenvalue weighted by atomic mass is 10.3. The summed E-state index contributed by atoms with van der Waals surface area (Å²) < 4.78 is 0. The molecule has 0 N–H and O–H groups in total. The number of hydrogen-bond donors (Lipinski definition) is 0. The second-order valence-electron chi connectivity index (χ2n) is 6.00. The van der Waals surface area contributed by atoms with Gasteiger partial charge in [0.2, 0.25) is 23.6 Å². The van der Waals surface area contributed by atoms with Crippen molar-refractivity contribution >= 4 is 35.4 Å². The Balaban J connectivity index is 1.95. The summed E-state index contributed by atoms with van der Waals surface area (Å²) in [6.45, 7) is 4.91. The van der Waals surface area contributed by atoms with Crippen molar-refractivity contribution in [2.45, 2.75) is 62.9 Å². The monoisotopic (exact) mass is 340 g/mol. The Labute approximate surface area is 140 Å². The van der Waals surface area contributed by atoms with Gasteiger partial charge in [-0.25, -0.2) is 0 Å². The van der Waals surface area contributed by atoms with Gasteiger partial charge in [0.15, 0.2) is 0 Å². The van der Waals surface area contributed by atoms with Crippen molar-refractivity contribution in [2.75, 3.05) is 13.1 Å². The summed E-state index contributed by atoms with van der Waals surface area (Å²) in [6.07, 6.45) is 3.69. The van der Waals surface area contributed by atoms with Gasteiger partial charge in [-0.2, -0.15) is 0 Å². The fraction of sp³-hybridized carbons (Fsp3) is 0.750. The van der Waals surface area contributed by atoms with Crippen molar-refractivity contribution in [1.29, 1.82) is 0 Å². The molecule has 0 aromatic rings. The summed E-state index contributed by atoms with van der Waals surface area (Å²) in [5.41, 5.74) is 0. The maximum Gasteiger partial charge on any atom is 0.242 e. The molecule has 0 aliphatic carbocycles. The lowest BCUT2D eigenvalue weighted by molar-refractivity contribution is -0.139. The Bertz CT molecular complexity index is 464. The number of carbonyl (C=O) groups is 4. The van der Waals surface area contributed by atoms with Gasteiger partial charge in [0.25, 0.3) is 0 Å². The van der Waals surface area contributed by atoms with Crippen LogP contribution >= 0.6 is 11.8 Å². The average molecular weight is 340 g/mol. The van der Waals surface area contributed by atoms with E-state index >= 15 is 0 Å². The van der Waals surface area contributed by atoms with E-state index < -0.39 is 10.5 Å². The fourth-order valence-electron chi connectivity index (χ4n) is 2.82. The molecule has 128 valence electrons. The Morgan fingerprint density at radius 1 is 0.826 bits per heavy atom. The highest BCUT2D eigenvalue weighted by Gasteiger charge is 2.45. The van der Waals surface area contributed by atoms with Gasteiger partial charge in [0, 0.05) is 25.9 Å². The zero-order valence-corrected chi connectivity index (χ0v) is 14.6. The van der Waals surface area contributed by atoms with E-state index in [-0.39, 0.29) is 36.5 Å². The molecular formula is C16H24N2O4S. The van der Waals surface area contributed by atoms with Crippen LogP contribution in [0.1, 0.15) is 52.4 Å². The Morgan fingerprint density at radius 3 is 1.57 bits per heavy atom. The molecule has 2 rings (SSSR count). The number of hydrogen-bond acceptors (Lipinski definition) is 5. The molecule has 23 heavy (non-hydrogen) atoms. The van der Waals surface area contributed by atoms with Crippen LogP contribution < -0.4 is 0 Å². The van der Waals surface area contributed by atoms with Crippen LogP contribution in [-0.4, -0.2) is 57.0 Å². The SMILES string of the molecule is CCCCN1C(=O)C[C@H](S[C@H]2CC(=O)N(CCCC)C2=O)C1=O. The Hall–Kier alpha value is -1.37. The van der Waals surface area contributed by atoms with Gasteiger partial charge in [-0.05, 0) is 12.8 Å². The predicted octanol–water partition coefficient (Wildman–Crippen LogP) is 1.57. The molecule has 2 atom stereocenters. The van der Waals surface area contributed by atoms with Crippen molar-refractivity contribution in [3.05, 3.63) is 0 Å². The van der Waals surface area contributed by atoms with Crippen molar-refractivity contribution in [2.24, 2.45) is 0 Å². The van der Waals surface area contributed by atoms with E-state index in [1.165, 1.54) is 21.6 Å². The maximum atomic E-state index is 12.3. The molecule has 0 bridgehead atoms. The smallest absolute Gasteiger partial charge is 0.242 e. The van der Waals surface area contributed by atoms with Crippen LogP contribution in [0.2, 0.25) is 0 Å². The molecule has 0 spiro atoms. The molecule has 2 fully saturated rings. The van der Waals surface area contributed by atoms with E-state index in [1.54, 1.807) is 0 Å². The number of unbranched alkanes of at least 4 members (excludes halogenated alkanes) is 2. The molecular weight excluding hydrogens is 316 g/mol. The second kappa shape index (κ2) is 7.95. The molecule has 0 saturated carbocycles. The van der Waals surface area contributed by atoms with Crippen molar-refractivity contribution in [3.8, 4) is 0 Å². The summed E-state index contributed by atoms with van der Waals surface area (Å²) in [6, 6.07) is 0. The number of rotatable bonds is 8. The molecule has 2 aliphatic heterocycles. The first-order valence-corrected chi connectivity index (χ1v) is 9.27. The highest BCUT2D eigenvalue weighted by atomic mass is 32.2. The molecule has 0 unspecified atom stereocenters. The minimum absolute atomic E-state index is 0.139. The topological polar surface area (TPSA) is 74.8 Å². The third kappa shape index (κ3) is 3.94. The number of nitrogens with zero attached hydrogens (tertiary/aromatic N) is 2. The van der Waals surface area contributed by atoms with Crippen LogP contribution in [0.15, 0.2) is 0 Å². The fourth-order valence-corrected chi connectivity index (χ4v) is 4.18. The Morgan fingerprint density at radius 2 is 1.22 bits per heavy atom. The summed E-state index contributed by atoms with van der Waals surface area (Å²) in [7, 11) is 0. The minimum atomic E-state index is -0.521. The van der Waals surface area contributed by atoms with E-state index in [9.17, 15) is 19.2 Å². The van der Waals surface area contributed by atoms with Gasteiger partial charge in [0.1, 0.15) is 0 Å². The van der Waals surface area contributed by atoms with Crippen LogP contribution in [-0.2, 0) is 19.2 Å². The number of likely N-dealkylation sites (tertiary alicyclic amines) is 2. The first-order chi connectivity index (χ1) is 11.0. The van der Waals surface area contributed by atoms with E-state index in [0.717, 1.165) is 25.7 Å². The summed E-state index contributed by atoms with van der Waals surface area (Å²) >= 11 is 1.19. The van der Waals surface area contributed by atoms with Crippen molar-refractivity contribution in [1.82, 2.24) is 9.80 Å². The first-order valence-electron chi connectivity index (χ1n) is 8.33. The van der Waals surface area contributed by atoms with Gasteiger partial charge >= 0.3 is 0 Å². The molecule has 6 nitrogen and oxygen atoms in total. The normalized spacial score (nSPS) is 25.1. The second-order valence-corrected chi connectivity index (χ2v) is 7.41. The number of thioether (sulfide) groups is 1. The number of carbonyl (C=O) groups excluding carboxylic acids is 4. The van der Waals surface area contributed by atoms with Gasteiger partial charge < -0.3 is 0 Å². The lowest BCUT2D eigenvalue weighted by Gasteiger charge is -2.16. The van der Waals surface area contributed by atoms with E-state index in [0.29, 0.717) is 13.1 Å². The average Bonchev–Trinajstić information content (AvgIpc) is 2.93. The zero-order valence-electron chi connectivity index (χ0n) is 13.7. The van der Waals surface area contributed by atoms with Gasteiger partial charge in [-0.3, -0.25) is 29.0 Å². The van der Waals surface area contributed by atoms with Crippen molar-refractivity contribution < 1.29 is 19.2 Å². The van der Waals surface area contributed by atoms with E-state index in [4.69, 9.17) is 0 Å². The molecule has 7 heteroatoms. The van der Waals surface area contributed by atoms with Crippen LogP contribution in [0.25, 0.3) is 0 Å². The molecule has 0 radical (unpaired) electrons. The highest BCUT2D eigenvalue weighted by Crippen LogP contribution is 2.34. The summed E-state index contributed by atoms with van der Waals surface area (Å²) in [4.78, 5) is 51.2. The van der Waals surface area contributed by atoms with Gasteiger partial charge in [-0.1, -0.05) is 26.7 Å². The van der Waals surface area contributed by atoms with E-state index in [2.05, 4.69) is 0 Å². The van der Waals surface area contributed by atoms with Crippen molar-refractivity contribution in [3.63, 3.8) is 0 Å². The zero-order chi connectivity index (χ0) is 17.0. The molecule has 4 amide bonds. The van der Waals surface area contributed by atoms with Crippen LogP contribution in [0.5, 0.6) is 0 Å². The standard InChI is InChI=1S/C16H24N2O4S/c1-3-5-7-17-13(19)9-11(15(17)21)23-12-10-14(20)18(16(12)22)8-6-4-2/h11-12H,3-10H2,1-2H3/t11-,12-/m0/s1. The highest BCUT2D eigenvalue weighted by molar-refractivity contribution is 8.02. The van der Waals surface area contributed by atoms with Crippen LogP contribution in [0.4, 0.5) is 0 Å². The molecule has 2 saturated heterocycles. The molecule has 2 aliphatic rings. The summed E-state index contributed by atoms with van der Waals surface area (Å²) in [5.74, 6) is -0.748. The first kappa shape index (κ1) is 18.0. The van der Waals surface area contributed by atoms with Gasteiger partial charge in [0.05, 0.1) is 10.5 Å². The van der Waals surface area contributed by atoms with Crippen LogP contribution in [0, 0.1) is 0 Å². The van der Waals surface area contributed by atoms with E-state index in [1.807, 2.05) is 13.8 Å². The lowest BCUT2D eigenvalue weighted by Crippen LogP contribution is -2.34. The predicted molar refractivity (Wildman–Crippen MR) is 87.7 cm³/mol. The quantitative estimate of drug-likeness (QED) is 0.627. The maximum absolute atomic E-state index is 12.3. The third-order valence-corrected chi connectivity index (χ3v) is 5.60. The Kier molecular flexibility index (Phi) is 6.21. The summed E-state index contributed by atoms with van der Waals surface area (Å²) in [5, 5.41) is -1.04. The number of imide groups is 2. The molecule has 0 aromatic carbocycles. The minimum Gasteiger partial charge on any atom is -0.282 e. The third-order valence-electron chi connectivity index (χ3n) is 4.20.